The Bertz CT molecular complexity index is 522. The number of carbonyl (C=O) groups is 1. The maximum atomic E-state index is 12.4. The highest BCUT2D eigenvalue weighted by molar-refractivity contribution is 5.94. The van der Waals surface area contributed by atoms with Crippen LogP contribution >= 0.6 is 0 Å². The second-order valence-electron chi connectivity index (χ2n) is 5.23. The van der Waals surface area contributed by atoms with Gasteiger partial charge in [0.1, 0.15) is 0 Å². The minimum absolute atomic E-state index is 0.0448. The molecule has 0 spiro atoms. The second-order valence-corrected chi connectivity index (χ2v) is 5.23. The molecule has 1 heterocycles. The molecule has 0 radical (unpaired) electrons. The predicted octanol–water partition coefficient (Wildman–Crippen LogP) is 1.71. The van der Waals surface area contributed by atoms with Crippen molar-refractivity contribution in [2.45, 2.75) is 19.8 Å². The fraction of sp³-hybridized carbons (Fsp3) is 0.500. The van der Waals surface area contributed by atoms with Crippen LogP contribution in [0.1, 0.15) is 28.8 Å². The summed E-state index contributed by atoms with van der Waals surface area (Å²) in [5.74, 6) is 0.441. The molecule has 0 bridgehead atoms. The lowest BCUT2D eigenvalue weighted by Crippen LogP contribution is -2.40. The molecule has 2 N–H and O–H groups in total. The smallest absolute Gasteiger partial charge is 0.272 e. The normalized spacial score (nSPS) is 16.2. The Morgan fingerprint density at radius 3 is 2.60 bits per heavy atom. The van der Waals surface area contributed by atoms with Gasteiger partial charge in [0, 0.05) is 30.3 Å². The van der Waals surface area contributed by atoms with Crippen LogP contribution in [-0.4, -0.2) is 35.4 Å². The van der Waals surface area contributed by atoms with Gasteiger partial charge in [-0.15, -0.1) is 0 Å². The van der Waals surface area contributed by atoms with Gasteiger partial charge in [0.2, 0.25) is 0 Å². The number of piperidine rings is 1. The van der Waals surface area contributed by atoms with Crippen molar-refractivity contribution in [2.75, 3.05) is 19.6 Å². The van der Waals surface area contributed by atoms with E-state index >= 15 is 0 Å². The van der Waals surface area contributed by atoms with Gasteiger partial charge < -0.3 is 10.6 Å². The van der Waals surface area contributed by atoms with E-state index in [2.05, 4.69) is 0 Å². The standard InChI is InChI=1S/C14H19N3O3/c1-10-8-12(2-3-13(10)17(19)20)14(18)16-6-4-11(9-15)5-7-16/h2-3,8,11H,4-7,9,15H2,1H3. The molecule has 1 saturated heterocycles. The molecule has 0 aromatic heterocycles. The number of benzene rings is 1. The van der Waals surface area contributed by atoms with Gasteiger partial charge in [-0.1, -0.05) is 0 Å². The van der Waals surface area contributed by atoms with Crippen LogP contribution in [0, 0.1) is 23.0 Å². The lowest BCUT2D eigenvalue weighted by atomic mass is 9.96. The van der Waals surface area contributed by atoms with Gasteiger partial charge >= 0.3 is 0 Å². The topological polar surface area (TPSA) is 89.5 Å². The van der Waals surface area contributed by atoms with E-state index in [1.54, 1.807) is 17.9 Å². The summed E-state index contributed by atoms with van der Waals surface area (Å²) in [4.78, 5) is 24.5. The Balaban J connectivity index is 2.10. The highest BCUT2D eigenvalue weighted by atomic mass is 16.6. The summed E-state index contributed by atoms with van der Waals surface area (Å²) in [6.45, 7) is 3.72. The van der Waals surface area contributed by atoms with Crippen molar-refractivity contribution in [1.82, 2.24) is 4.90 Å². The zero-order chi connectivity index (χ0) is 14.7. The van der Waals surface area contributed by atoms with E-state index in [1.165, 1.54) is 12.1 Å². The molecule has 20 heavy (non-hydrogen) atoms. The van der Waals surface area contributed by atoms with Crippen molar-refractivity contribution in [3.8, 4) is 0 Å². The summed E-state index contributed by atoms with van der Waals surface area (Å²) >= 11 is 0. The first-order valence-corrected chi connectivity index (χ1v) is 6.77. The van der Waals surface area contributed by atoms with Gasteiger partial charge in [-0.3, -0.25) is 14.9 Å². The van der Waals surface area contributed by atoms with Crippen molar-refractivity contribution in [1.29, 1.82) is 0 Å². The molecule has 2 rings (SSSR count). The van der Waals surface area contributed by atoms with Crippen LogP contribution in [0.3, 0.4) is 0 Å². The van der Waals surface area contributed by atoms with E-state index in [0.29, 0.717) is 36.7 Å². The Labute approximate surface area is 117 Å². The average molecular weight is 277 g/mol. The lowest BCUT2D eigenvalue weighted by Gasteiger charge is -2.31. The van der Waals surface area contributed by atoms with Crippen LogP contribution in [0.4, 0.5) is 5.69 Å². The van der Waals surface area contributed by atoms with Crippen molar-refractivity contribution in [3.05, 3.63) is 39.4 Å². The third kappa shape index (κ3) is 2.96. The molecule has 0 atom stereocenters. The Kier molecular flexibility index (Phi) is 4.34. The van der Waals surface area contributed by atoms with Crippen LogP contribution in [0.2, 0.25) is 0 Å². The summed E-state index contributed by atoms with van der Waals surface area (Å²) < 4.78 is 0. The number of nitro groups is 1. The maximum Gasteiger partial charge on any atom is 0.272 e. The molecular formula is C14H19N3O3. The number of nitrogens with two attached hydrogens (primary N) is 1. The molecule has 0 unspecified atom stereocenters. The molecule has 1 fully saturated rings. The lowest BCUT2D eigenvalue weighted by molar-refractivity contribution is -0.385. The fourth-order valence-corrected chi connectivity index (χ4v) is 2.55. The van der Waals surface area contributed by atoms with Gasteiger partial charge in [0.25, 0.3) is 11.6 Å². The van der Waals surface area contributed by atoms with Gasteiger partial charge in [-0.2, -0.15) is 0 Å². The van der Waals surface area contributed by atoms with Crippen molar-refractivity contribution < 1.29 is 9.72 Å². The Morgan fingerprint density at radius 2 is 2.10 bits per heavy atom. The number of likely N-dealkylation sites (tertiary alicyclic amines) is 1. The second kappa shape index (κ2) is 6.00. The molecular weight excluding hydrogens is 258 g/mol. The molecule has 1 aliphatic rings. The number of amides is 1. The van der Waals surface area contributed by atoms with Gasteiger partial charge in [0.15, 0.2) is 0 Å². The molecule has 108 valence electrons. The predicted molar refractivity (Wildman–Crippen MR) is 75.5 cm³/mol. The maximum absolute atomic E-state index is 12.4. The summed E-state index contributed by atoms with van der Waals surface area (Å²) in [5.41, 5.74) is 6.70. The quantitative estimate of drug-likeness (QED) is 0.672. The molecule has 1 aliphatic heterocycles. The van der Waals surface area contributed by atoms with Crippen LogP contribution < -0.4 is 5.73 Å². The third-order valence-electron chi connectivity index (χ3n) is 3.88. The van der Waals surface area contributed by atoms with E-state index in [9.17, 15) is 14.9 Å². The summed E-state index contributed by atoms with van der Waals surface area (Å²) in [7, 11) is 0. The van der Waals surface area contributed by atoms with E-state index in [0.717, 1.165) is 12.8 Å². The van der Waals surface area contributed by atoms with Crippen LogP contribution in [0.25, 0.3) is 0 Å². The largest absolute Gasteiger partial charge is 0.339 e. The van der Waals surface area contributed by atoms with E-state index in [4.69, 9.17) is 5.73 Å². The number of rotatable bonds is 3. The minimum atomic E-state index is -0.434. The van der Waals surface area contributed by atoms with Crippen molar-refractivity contribution in [2.24, 2.45) is 11.7 Å². The number of aryl methyl sites for hydroxylation is 1. The molecule has 6 heteroatoms. The van der Waals surface area contributed by atoms with Crippen LogP contribution in [0.15, 0.2) is 18.2 Å². The first-order valence-electron chi connectivity index (χ1n) is 6.77. The van der Waals surface area contributed by atoms with E-state index < -0.39 is 4.92 Å². The molecule has 6 nitrogen and oxygen atoms in total. The number of nitro benzene ring substituents is 1. The Morgan fingerprint density at radius 1 is 1.45 bits per heavy atom. The van der Waals surface area contributed by atoms with Crippen LogP contribution in [-0.2, 0) is 0 Å². The molecule has 1 amide bonds. The van der Waals surface area contributed by atoms with Crippen molar-refractivity contribution >= 4 is 11.6 Å². The minimum Gasteiger partial charge on any atom is -0.339 e. The van der Waals surface area contributed by atoms with E-state index in [1.807, 2.05) is 0 Å². The highest BCUT2D eigenvalue weighted by Gasteiger charge is 2.23. The third-order valence-corrected chi connectivity index (χ3v) is 3.88. The number of hydrogen-bond acceptors (Lipinski definition) is 4. The first kappa shape index (κ1) is 14.5. The van der Waals surface area contributed by atoms with E-state index in [-0.39, 0.29) is 11.6 Å². The zero-order valence-electron chi connectivity index (χ0n) is 11.5. The molecule has 0 saturated carbocycles. The van der Waals surface area contributed by atoms with Gasteiger partial charge in [-0.05, 0) is 44.4 Å². The molecule has 0 aliphatic carbocycles. The summed E-state index contributed by atoms with van der Waals surface area (Å²) in [6.07, 6.45) is 1.85. The number of hydrogen-bond donors (Lipinski definition) is 1. The van der Waals surface area contributed by atoms with Crippen LogP contribution in [0.5, 0.6) is 0 Å². The summed E-state index contributed by atoms with van der Waals surface area (Å²) in [6, 6.07) is 4.52. The average Bonchev–Trinajstić information content (AvgIpc) is 2.46. The van der Waals surface area contributed by atoms with Crippen molar-refractivity contribution in [3.63, 3.8) is 0 Å². The zero-order valence-corrected chi connectivity index (χ0v) is 11.5. The highest BCUT2D eigenvalue weighted by Crippen LogP contribution is 2.22. The molecule has 1 aromatic rings. The number of nitrogens with zero attached hydrogens (tertiary/aromatic N) is 2. The van der Waals surface area contributed by atoms with Gasteiger partial charge in [-0.25, -0.2) is 0 Å². The Hall–Kier alpha value is -1.95. The summed E-state index contributed by atoms with van der Waals surface area (Å²) in [5, 5.41) is 10.8. The first-order chi connectivity index (χ1) is 9.52. The fourth-order valence-electron chi connectivity index (χ4n) is 2.55. The molecule has 1 aromatic carbocycles. The monoisotopic (exact) mass is 277 g/mol. The van der Waals surface area contributed by atoms with Gasteiger partial charge in [0.05, 0.1) is 4.92 Å². The number of carbonyl (C=O) groups excluding carboxylic acids is 1. The SMILES string of the molecule is Cc1cc(C(=O)N2CCC(CN)CC2)ccc1[N+](=O)[O-].